The van der Waals surface area contributed by atoms with Gasteiger partial charge in [-0.3, -0.25) is 0 Å². The van der Waals surface area contributed by atoms with Gasteiger partial charge in [0.25, 0.3) is 0 Å². The summed E-state index contributed by atoms with van der Waals surface area (Å²) >= 11 is 6.47. The first-order valence-electron chi connectivity index (χ1n) is 9.66. The summed E-state index contributed by atoms with van der Waals surface area (Å²) in [5.41, 5.74) is 3.91. The van der Waals surface area contributed by atoms with Gasteiger partial charge in [0.15, 0.2) is 9.84 Å². The number of hydrogen-bond acceptors (Lipinski definition) is 6. The summed E-state index contributed by atoms with van der Waals surface area (Å²) in [4.78, 5) is 4.24. The molecule has 4 rings (SSSR count). The fourth-order valence-electron chi connectivity index (χ4n) is 3.29. The van der Waals surface area contributed by atoms with Crippen molar-refractivity contribution in [3.05, 3.63) is 88.0 Å². The van der Waals surface area contributed by atoms with Crippen molar-refractivity contribution in [2.45, 2.75) is 31.9 Å². The van der Waals surface area contributed by atoms with E-state index in [9.17, 15) is 8.42 Å². The third-order valence-electron chi connectivity index (χ3n) is 4.81. The third-order valence-corrected chi connectivity index (χ3v) is 6.65. The molecule has 7 nitrogen and oxygen atoms in total. The minimum Gasteiger partial charge on any atom is -0.338 e. The van der Waals surface area contributed by atoms with Crippen LogP contribution in [-0.2, 0) is 27.9 Å². The van der Waals surface area contributed by atoms with Crippen LogP contribution in [-0.4, -0.2) is 28.3 Å². The molecule has 160 valence electrons. The maximum atomic E-state index is 12.8. The second-order valence-corrected chi connectivity index (χ2v) is 9.83. The molecule has 2 aromatic heterocycles. The zero-order valence-electron chi connectivity index (χ0n) is 17.1. The summed E-state index contributed by atoms with van der Waals surface area (Å²) in [5, 5.41) is 8.64. The second-order valence-electron chi connectivity index (χ2n) is 7.41. The molecule has 0 radical (unpaired) electrons. The number of sulfone groups is 1. The molecule has 2 aromatic carbocycles. The van der Waals surface area contributed by atoms with Crippen molar-refractivity contribution in [3.8, 4) is 11.4 Å². The number of benzene rings is 2. The minimum absolute atomic E-state index is 0.0435. The van der Waals surface area contributed by atoms with E-state index in [0.717, 1.165) is 16.7 Å². The van der Waals surface area contributed by atoms with Crippen molar-refractivity contribution >= 4 is 21.4 Å². The maximum absolute atomic E-state index is 12.8. The Balaban J connectivity index is 1.51. The number of hydrogen-bond donors (Lipinski definition) is 0. The predicted molar refractivity (Wildman–Crippen MR) is 118 cm³/mol. The molecule has 0 saturated carbocycles. The molecule has 0 amide bonds. The Bertz CT molecular complexity index is 1310. The normalized spacial score (nSPS) is 11.7. The Kier molecular flexibility index (Phi) is 5.93. The topological polar surface area (TPSA) is 90.9 Å². The smallest absolute Gasteiger partial charge is 0.242 e. The molecule has 0 bridgehead atoms. The summed E-state index contributed by atoms with van der Waals surface area (Å²) < 4.78 is 32.4. The lowest BCUT2D eigenvalue weighted by atomic mass is 10.1. The first-order chi connectivity index (χ1) is 14.8. The maximum Gasteiger partial charge on any atom is 0.242 e. The molecule has 0 unspecified atom stereocenters. The van der Waals surface area contributed by atoms with E-state index in [1.165, 1.54) is 0 Å². The largest absolute Gasteiger partial charge is 0.338 e. The molecule has 0 saturated heterocycles. The van der Waals surface area contributed by atoms with Gasteiger partial charge < -0.3 is 4.52 Å². The number of nitrogens with zero attached hydrogens (tertiary/aromatic N) is 4. The Hall–Kier alpha value is -2.97. The van der Waals surface area contributed by atoms with E-state index < -0.39 is 9.84 Å². The lowest BCUT2D eigenvalue weighted by Gasteiger charge is -2.04. The molecule has 0 aliphatic rings. The molecule has 31 heavy (non-hydrogen) atoms. The van der Waals surface area contributed by atoms with Crippen LogP contribution < -0.4 is 0 Å². The highest BCUT2D eigenvalue weighted by Gasteiger charge is 2.24. The van der Waals surface area contributed by atoms with Crippen LogP contribution >= 0.6 is 11.6 Å². The van der Waals surface area contributed by atoms with Crippen molar-refractivity contribution in [3.63, 3.8) is 0 Å². The van der Waals surface area contributed by atoms with Crippen LogP contribution in [0, 0.1) is 13.8 Å². The highest BCUT2D eigenvalue weighted by atomic mass is 35.5. The van der Waals surface area contributed by atoms with Gasteiger partial charge >= 0.3 is 0 Å². The van der Waals surface area contributed by atoms with E-state index in [1.54, 1.807) is 11.6 Å². The van der Waals surface area contributed by atoms with Gasteiger partial charge in [-0.05, 0) is 25.5 Å². The Morgan fingerprint density at radius 2 is 1.81 bits per heavy atom. The number of aromatic nitrogens is 4. The van der Waals surface area contributed by atoms with Crippen molar-refractivity contribution in [1.82, 2.24) is 19.9 Å². The van der Waals surface area contributed by atoms with E-state index >= 15 is 0 Å². The summed E-state index contributed by atoms with van der Waals surface area (Å²) in [5.74, 6) is -0.221. The standard InChI is InChI=1S/C22H21ClN4O3S/c1-15-7-6-10-18(11-15)22-24-20(30-26-22)14-31(28,29)13-19-16(2)25-27(21(19)23)12-17-8-4-3-5-9-17/h3-11H,12-14H2,1-2H3. The molecular weight excluding hydrogens is 436 g/mol. The molecular formula is C22H21ClN4O3S. The second kappa shape index (κ2) is 8.64. The van der Waals surface area contributed by atoms with Gasteiger partial charge in [0.2, 0.25) is 11.7 Å². The van der Waals surface area contributed by atoms with Crippen molar-refractivity contribution in [2.75, 3.05) is 0 Å². The first kappa shape index (κ1) is 21.3. The third kappa shape index (κ3) is 5.03. The van der Waals surface area contributed by atoms with Crippen LogP contribution in [0.5, 0.6) is 0 Å². The Morgan fingerprint density at radius 3 is 2.55 bits per heavy atom. The highest BCUT2D eigenvalue weighted by molar-refractivity contribution is 7.89. The fourth-order valence-corrected chi connectivity index (χ4v) is 5.05. The van der Waals surface area contributed by atoms with Crippen molar-refractivity contribution in [1.29, 1.82) is 0 Å². The van der Waals surface area contributed by atoms with E-state index in [-0.39, 0.29) is 17.4 Å². The molecule has 0 N–H and O–H groups in total. The van der Waals surface area contributed by atoms with Crippen LogP contribution in [0.2, 0.25) is 5.15 Å². The number of halogens is 1. The summed E-state index contributed by atoms with van der Waals surface area (Å²) in [6, 6.07) is 17.3. The van der Waals surface area contributed by atoms with Gasteiger partial charge in [-0.25, -0.2) is 13.1 Å². The van der Waals surface area contributed by atoms with Gasteiger partial charge in [0.1, 0.15) is 10.9 Å². The molecule has 4 aromatic rings. The monoisotopic (exact) mass is 456 g/mol. The molecule has 0 spiro atoms. The highest BCUT2D eigenvalue weighted by Crippen LogP contribution is 2.25. The van der Waals surface area contributed by atoms with Crippen LogP contribution in [0.25, 0.3) is 11.4 Å². The lowest BCUT2D eigenvalue weighted by molar-refractivity contribution is 0.389. The zero-order chi connectivity index (χ0) is 22.0. The van der Waals surface area contributed by atoms with Crippen LogP contribution in [0.4, 0.5) is 0 Å². The average molecular weight is 457 g/mol. The molecule has 0 atom stereocenters. The summed E-state index contributed by atoms with van der Waals surface area (Å²) in [6.45, 7) is 4.17. The number of aryl methyl sites for hydroxylation is 2. The van der Waals surface area contributed by atoms with Crippen LogP contribution in [0.3, 0.4) is 0 Å². The first-order valence-corrected chi connectivity index (χ1v) is 11.9. The molecule has 0 aliphatic heterocycles. The quantitative estimate of drug-likeness (QED) is 0.410. The van der Waals surface area contributed by atoms with Gasteiger partial charge in [-0.1, -0.05) is 70.9 Å². The predicted octanol–water partition coefficient (Wildman–Crippen LogP) is 4.37. The van der Waals surface area contributed by atoms with E-state index in [0.29, 0.717) is 28.8 Å². The van der Waals surface area contributed by atoms with Crippen LogP contribution in [0.1, 0.15) is 28.3 Å². The van der Waals surface area contributed by atoms with E-state index in [2.05, 4.69) is 15.2 Å². The summed E-state index contributed by atoms with van der Waals surface area (Å²) in [7, 11) is -3.60. The van der Waals surface area contributed by atoms with Crippen molar-refractivity contribution < 1.29 is 12.9 Å². The average Bonchev–Trinajstić information content (AvgIpc) is 3.28. The van der Waals surface area contributed by atoms with Gasteiger partial charge in [-0.15, -0.1) is 0 Å². The van der Waals surface area contributed by atoms with E-state index in [4.69, 9.17) is 16.1 Å². The molecule has 0 fully saturated rings. The number of rotatable bonds is 7. The minimum atomic E-state index is -3.60. The molecule has 9 heteroatoms. The molecule has 0 aliphatic carbocycles. The fraction of sp³-hybridized carbons (Fsp3) is 0.227. The van der Waals surface area contributed by atoms with Gasteiger partial charge in [0.05, 0.1) is 18.0 Å². The van der Waals surface area contributed by atoms with Gasteiger partial charge in [0, 0.05) is 11.1 Å². The molecule has 2 heterocycles. The van der Waals surface area contributed by atoms with E-state index in [1.807, 2.05) is 61.5 Å². The Labute approximate surface area is 185 Å². The zero-order valence-corrected chi connectivity index (χ0v) is 18.7. The van der Waals surface area contributed by atoms with Gasteiger partial charge in [-0.2, -0.15) is 10.1 Å². The summed E-state index contributed by atoms with van der Waals surface area (Å²) in [6.07, 6.45) is 0. The lowest BCUT2D eigenvalue weighted by Crippen LogP contribution is -2.09. The van der Waals surface area contributed by atoms with Crippen LogP contribution in [0.15, 0.2) is 59.1 Å². The SMILES string of the molecule is Cc1cccc(-c2noc(CS(=O)(=O)Cc3c(C)nn(Cc4ccccc4)c3Cl)n2)c1. The Morgan fingerprint density at radius 1 is 1.03 bits per heavy atom. The van der Waals surface area contributed by atoms with Crippen molar-refractivity contribution in [2.24, 2.45) is 0 Å².